The smallest absolute Gasteiger partial charge is 0.123 e. The van der Waals surface area contributed by atoms with Crippen molar-refractivity contribution in [3.8, 4) is 0 Å². The number of hydrogen-bond donors (Lipinski definition) is 1. The second-order valence-corrected chi connectivity index (χ2v) is 4.63. The number of hydrazone groups is 1. The predicted molar refractivity (Wildman–Crippen MR) is 78.1 cm³/mol. The van der Waals surface area contributed by atoms with Gasteiger partial charge in [-0.3, -0.25) is 5.43 Å². The van der Waals surface area contributed by atoms with Gasteiger partial charge < -0.3 is 0 Å². The molecule has 0 saturated carbocycles. The molecule has 0 aliphatic carbocycles. The third kappa shape index (κ3) is 3.41. The molecule has 2 aromatic carbocycles. The van der Waals surface area contributed by atoms with Crippen LogP contribution in [0.4, 0.5) is 10.1 Å². The van der Waals surface area contributed by atoms with Crippen molar-refractivity contribution in [2.75, 3.05) is 5.43 Å². The zero-order valence-electron chi connectivity index (χ0n) is 11.4. The molecular formula is C16H17FN2. The summed E-state index contributed by atoms with van der Waals surface area (Å²) < 4.78 is 12.8. The Morgan fingerprint density at radius 2 is 1.74 bits per heavy atom. The van der Waals surface area contributed by atoms with E-state index in [1.54, 1.807) is 12.1 Å². The molecule has 0 aliphatic heterocycles. The molecule has 1 N–H and O–H groups in total. The van der Waals surface area contributed by atoms with Crippen molar-refractivity contribution in [1.29, 1.82) is 0 Å². The normalized spacial score (nSPS) is 11.5. The molecule has 0 aliphatic rings. The van der Waals surface area contributed by atoms with Crippen LogP contribution in [0.2, 0.25) is 0 Å². The van der Waals surface area contributed by atoms with Crippen LogP contribution in [0.1, 0.15) is 23.6 Å². The Labute approximate surface area is 113 Å². The van der Waals surface area contributed by atoms with Crippen molar-refractivity contribution in [3.63, 3.8) is 0 Å². The van der Waals surface area contributed by atoms with Crippen LogP contribution in [0.3, 0.4) is 0 Å². The molecular weight excluding hydrogens is 239 g/mol. The summed E-state index contributed by atoms with van der Waals surface area (Å²) in [6.07, 6.45) is 0. The van der Waals surface area contributed by atoms with Crippen molar-refractivity contribution < 1.29 is 4.39 Å². The highest BCUT2D eigenvalue weighted by molar-refractivity contribution is 6.00. The zero-order chi connectivity index (χ0) is 13.8. The predicted octanol–water partition coefficient (Wildman–Crippen LogP) is 4.28. The average Bonchev–Trinajstić information content (AvgIpc) is 2.40. The van der Waals surface area contributed by atoms with Gasteiger partial charge in [-0.1, -0.05) is 17.7 Å². The third-order valence-electron chi connectivity index (χ3n) is 2.98. The number of halogens is 1. The van der Waals surface area contributed by atoms with E-state index in [0.29, 0.717) is 0 Å². The molecule has 0 aromatic heterocycles. The first-order valence-corrected chi connectivity index (χ1v) is 6.20. The molecule has 2 aromatic rings. The van der Waals surface area contributed by atoms with E-state index >= 15 is 0 Å². The van der Waals surface area contributed by atoms with Crippen molar-refractivity contribution in [2.24, 2.45) is 5.10 Å². The maximum atomic E-state index is 12.8. The van der Waals surface area contributed by atoms with Crippen molar-refractivity contribution in [2.45, 2.75) is 20.8 Å². The van der Waals surface area contributed by atoms with Gasteiger partial charge in [0, 0.05) is 5.56 Å². The first kappa shape index (κ1) is 13.3. The number of aryl methyl sites for hydroxylation is 2. The fourth-order valence-electron chi connectivity index (χ4n) is 1.86. The molecule has 0 bridgehead atoms. The van der Waals surface area contributed by atoms with Crippen LogP contribution in [0.5, 0.6) is 0 Å². The molecule has 0 saturated heterocycles. The van der Waals surface area contributed by atoms with E-state index in [-0.39, 0.29) is 5.82 Å². The third-order valence-corrected chi connectivity index (χ3v) is 2.98. The number of nitrogens with zero attached hydrogens (tertiary/aromatic N) is 1. The standard InChI is InChI=1S/C16H17FN2/c1-11-4-5-12(2)16(10-11)13(3)18-19-15-8-6-14(17)7-9-15/h4-10,19H,1-3H3/b18-13-. The highest BCUT2D eigenvalue weighted by atomic mass is 19.1. The quantitative estimate of drug-likeness (QED) is 0.643. The van der Waals surface area contributed by atoms with Gasteiger partial charge >= 0.3 is 0 Å². The van der Waals surface area contributed by atoms with Gasteiger partial charge in [-0.15, -0.1) is 0 Å². The number of benzene rings is 2. The van der Waals surface area contributed by atoms with Crippen LogP contribution in [-0.2, 0) is 0 Å². The monoisotopic (exact) mass is 256 g/mol. The summed E-state index contributed by atoms with van der Waals surface area (Å²) in [4.78, 5) is 0. The van der Waals surface area contributed by atoms with Crippen molar-refractivity contribution in [1.82, 2.24) is 0 Å². The summed E-state index contributed by atoms with van der Waals surface area (Å²) in [6.45, 7) is 6.08. The maximum absolute atomic E-state index is 12.8. The van der Waals surface area contributed by atoms with Gasteiger partial charge in [0.15, 0.2) is 0 Å². The van der Waals surface area contributed by atoms with Crippen LogP contribution in [0.15, 0.2) is 47.6 Å². The highest BCUT2D eigenvalue weighted by Crippen LogP contribution is 2.13. The molecule has 0 unspecified atom stereocenters. The van der Waals surface area contributed by atoms with E-state index in [1.165, 1.54) is 23.3 Å². The Balaban J connectivity index is 2.19. The molecule has 0 fully saturated rings. The Morgan fingerprint density at radius 3 is 2.42 bits per heavy atom. The summed E-state index contributed by atoms with van der Waals surface area (Å²) >= 11 is 0. The van der Waals surface area contributed by atoms with E-state index in [1.807, 2.05) is 6.92 Å². The lowest BCUT2D eigenvalue weighted by Crippen LogP contribution is -2.02. The Bertz CT molecular complexity index is 601. The Hall–Kier alpha value is -2.16. The lowest BCUT2D eigenvalue weighted by molar-refractivity contribution is 0.628. The lowest BCUT2D eigenvalue weighted by atomic mass is 10.0. The molecule has 0 amide bonds. The van der Waals surface area contributed by atoms with Crippen LogP contribution in [0.25, 0.3) is 0 Å². The molecule has 0 heterocycles. The van der Waals surface area contributed by atoms with Gasteiger partial charge in [0.25, 0.3) is 0 Å². The fourth-order valence-corrected chi connectivity index (χ4v) is 1.86. The first-order chi connectivity index (χ1) is 9.06. The maximum Gasteiger partial charge on any atom is 0.123 e. The first-order valence-electron chi connectivity index (χ1n) is 6.20. The largest absolute Gasteiger partial charge is 0.278 e. The van der Waals surface area contributed by atoms with E-state index in [4.69, 9.17) is 0 Å². The Kier molecular flexibility index (Phi) is 3.95. The fraction of sp³-hybridized carbons (Fsp3) is 0.188. The van der Waals surface area contributed by atoms with Crippen molar-refractivity contribution in [3.05, 3.63) is 65.0 Å². The van der Waals surface area contributed by atoms with Crippen LogP contribution >= 0.6 is 0 Å². The SMILES string of the molecule is C/C(=N/Nc1ccc(F)cc1)c1cc(C)ccc1C. The molecule has 98 valence electrons. The van der Waals surface area contributed by atoms with E-state index in [9.17, 15) is 4.39 Å². The molecule has 0 radical (unpaired) electrons. The van der Waals surface area contributed by atoms with Gasteiger partial charge in [-0.2, -0.15) is 5.10 Å². The zero-order valence-corrected chi connectivity index (χ0v) is 11.4. The summed E-state index contributed by atoms with van der Waals surface area (Å²) in [5, 5.41) is 4.34. The minimum Gasteiger partial charge on any atom is -0.278 e. The Morgan fingerprint density at radius 1 is 1.05 bits per heavy atom. The highest BCUT2D eigenvalue weighted by Gasteiger charge is 2.02. The van der Waals surface area contributed by atoms with Gasteiger partial charge in [0.2, 0.25) is 0 Å². The number of rotatable bonds is 3. The van der Waals surface area contributed by atoms with E-state index in [0.717, 1.165) is 17.0 Å². The molecule has 19 heavy (non-hydrogen) atoms. The molecule has 2 rings (SSSR count). The van der Waals surface area contributed by atoms with E-state index in [2.05, 4.69) is 42.6 Å². The summed E-state index contributed by atoms with van der Waals surface area (Å²) in [6, 6.07) is 12.4. The second kappa shape index (κ2) is 5.65. The number of nitrogens with one attached hydrogen (secondary N) is 1. The molecule has 0 spiro atoms. The topological polar surface area (TPSA) is 24.4 Å². The second-order valence-electron chi connectivity index (χ2n) is 4.63. The van der Waals surface area contributed by atoms with Crippen LogP contribution in [-0.4, -0.2) is 5.71 Å². The molecule has 3 heteroatoms. The van der Waals surface area contributed by atoms with Gasteiger partial charge in [-0.05, 0) is 56.7 Å². The summed E-state index contributed by atoms with van der Waals surface area (Å²) in [5.74, 6) is -0.249. The van der Waals surface area contributed by atoms with Crippen molar-refractivity contribution >= 4 is 11.4 Å². The summed E-state index contributed by atoms with van der Waals surface area (Å²) in [5.41, 5.74) is 8.13. The molecule has 0 atom stereocenters. The minimum absolute atomic E-state index is 0.249. The van der Waals surface area contributed by atoms with Gasteiger partial charge in [0.1, 0.15) is 5.82 Å². The van der Waals surface area contributed by atoms with Crippen LogP contribution in [0, 0.1) is 19.7 Å². The number of anilines is 1. The minimum atomic E-state index is -0.249. The average molecular weight is 256 g/mol. The molecule has 2 nitrogen and oxygen atoms in total. The van der Waals surface area contributed by atoms with Gasteiger partial charge in [0.05, 0.1) is 11.4 Å². The van der Waals surface area contributed by atoms with Crippen LogP contribution < -0.4 is 5.43 Å². The summed E-state index contributed by atoms with van der Waals surface area (Å²) in [7, 11) is 0. The van der Waals surface area contributed by atoms with E-state index < -0.39 is 0 Å². The number of hydrogen-bond acceptors (Lipinski definition) is 2. The lowest BCUT2D eigenvalue weighted by Gasteiger charge is -2.07. The van der Waals surface area contributed by atoms with Gasteiger partial charge in [-0.25, -0.2) is 4.39 Å².